The lowest BCUT2D eigenvalue weighted by atomic mass is 10.1. The van der Waals surface area contributed by atoms with Crippen molar-refractivity contribution in [1.82, 2.24) is 9.78 Å². The second-order valence-electron chi connectivity index (χ2n) is 4.17. The number of nitriles is 1. The van der Waals surface area contributed by atoms with Gasteiger partial charge in [0, 0.05) is 7.05 Å². The zero-order valence-corrected chi connectivity index (χ0v) is 10.7. The van der Waals surface area contributed by atoms with Crippen molar-refractivity contribution in [1.29, 1.82) is 5.26 Å². The number of hydrogen-bond acceptors (Lipinski definition) is 4. The Labute approximate surface area is 106 Å². The van der Waals surface area contributed by atoms with Gasteiger partial charge in [0.25, 0.3) is 0 Å². The third-order valence-electron chi connectivity index (χ3n) is 2.86. The molecule has 3 N–H and O–H groups in total. The highest BCUT2D eigenvalue weighted by atomic mass is 15.3. The number of rotatable bonds is 2. The summed E-state index contributed by atoms with van der Waals surface area (Å²) in [5.41, 5.74) is 9.42. The summed E-state index contributed by atoms with van der Waals surface area (Å²) in [5.74, 6) is 0.853. The van der Waals surface area contributed by atoms with Gasteiger partial charge in [-0.2, -0.15) is 5.26 Å². The zero-order chi connectivity index (χ0) is 13.3. The Morgan fingerprint density at radius 1 is 1.39 bits per heavy atom. The fraction of sp³-hybridized carbons (Fsp3) is 0.231. The molecule has 0 amide bonds. The number of nitrogen functional groups attached to an aromatic ring is 1. The minimum absolute atomic E-state index is 0.357. The van der Waals surface area contributed by atoms with Crippen LogP contribution in [0.2, 0.25) is 0 Å². The van der Waals surface area contributed by atoms with Crippen molar-refractivity contribution < 1.29 is 0 Å². The van der Waals surface area contributed by atoms with E-state index >= 15 is 0 Å². The second kappa shape index (κ2) is 4.41. The Morgan fingerprint density at radius 3 is 2.67 bits per heavy atom. The number of aromatic nitrogens is 2. The molecule has 0 spiro atoms. The minimum atomic E-state index is 0.357. The summed E-state index contributed by atoms with van der Waals surface area (Å²) in [6.07, 6.45) is 0. The Bertz CT molecular complexity index is 634. The van der Waals surface area contributed by atoms with Crippen molar-refractivity contribution in [2.75, 3.05) is 18.1 Å². The van der Waals surface area contributed by atoms with Crippen molar-refractivity contribution in [2.45, 2.75) is 13.8 Å². The van der Waals surface area contributed by atoms with Gasteiger partial charge in [0.1, 0.15) is 17.5 Å². The highest BCUT2D eigenvalue weighted by molar-refractivity contribution is 5.66. The number of benzene rings is 1. The highest BCUT2D eigenvalue weighted by Crippen LogP contribution is 2.25. The standard InChI is InChI=1S/C13H15N5/c1-8-4-5-9(2)11(6-8)18-12(15)10(7-14)13(16-3)17-18/h4-6H,15H2,1-3H3,(H,16,17). The molecule has 0 aliphatic rings. The quantitative estimate of drug-likeness (QED) is 0.842. The first-order valence-corrected chi connectivity index (χ1v) is 5.62. The van der Waals surface area contributed by atoms with Crippen LogP contribution in [0, 0.1) is 25.2 Å². The lowest BCUT2D eigenvalue weighted by Gasteiger charge is -2.08. The molecule has 1 aromatic heterocycles. The van der Waals surface area contributed by atoms with Gasteiger partial charge in [-0.05, 0) is 31.0 Å². The predicted octanol–water partition coefficient (Wildman–Crippen LogP) is 1.98. The van der Waals surface area contributed by atoms with Gasteiger partial charge in [0.15, 0.2) is 5.82 Å². The molecule has 92 valence electrons. The van der Waals surface area contributed by atoms with Gasteiger partial charge in [-0.3, -0.25) is 0 Å². The van der Waals surface area contributed by atoms with E-state index in [1.807, 2.05) is 32.0 Å². The van der Waals surface area contributed by atoms with E-state index in [2.05, 4.69) is 16.5 Å². The molecule has 0 bridgehead atoms. The largest absolute Gasteiger partial charge is 0.382 e. The van der Waals surface area contributed by atoms with Gasteiger partial charge in [-0.15, -0.1) is 5.10 Å². The summed E-state index contributed by atoms with van der Waals surface area (Å²) < 4.78 is 1.60. The van der Waals surface area contributed by atoms with Crippen molar-refractivity contribution in [3.8, 4) is 11.8 Å². The summed E-state index contributed by atoms with van der Waals surface area (Å²) in [7, 11) is 1.72. The van der Waals surface area contributed by atoms with Crippen molar-refractivity contribution in [2.24, 2.45) is 0 Å². The van der Waals surface area contributed by atoms with Gasteiger partial charge in [-0.1, -0.05) is 12.1 Å². The summed E-state index contributed by atoms with van der Waals surface area (Å²) in [6, 6.07) is 8.11. The van der Waals surface area contributed by atoms with E-state index in [1.54, 1.807) is 11.7 Å². The maximum Gasteiger partial charge on any atom is 0.168 e. The monoisotopic (exact) mass is 241 g/mol. The lowest BCUT2D eigenvalue weighted by molar-refractivity contribution is 0.884. The van der Waals surface area contributed by atoms with Crippen LogP contribution < -0.4 is 11.1 Å². The van der Waals surface area contributed by atoms with Crippen LogP contribution in [0.4, 0.5) is 11.6 Å². The van der Waals surface area contributed by atoms with E-state index in [9.17, 15) is 0 Å². The Hall–Kier alpha value is -2.48. The molecule has 0 aliphatic heterocycles. The van der Waals surface area contributed by atoms with Crippen LogP contribution in [0.15, 0.2) is 18.2 Å². The summed E-state index contributed by atoms with van der Waals surface area (Å²) in [4.78, 5) is 0. The number of nitrogens with zero attached hydrogens (tertiary/aromatic N) is 3. The first-order valence-electron chi connectivity index (χ1n) is 5.62. The van der Waals surface area contributed by atoms with E-state index < -0.39 is 0 Å². The van der Waals surface area contributed by atoms with Crippen molar-refractivity contribution in [3.63, 3.8) is 0 Å². The van der Waals surface area contributed by atoms with Gasteiger partial charge >= 0.3 is 0 Å². The van der Waals surface area contributed by atoms with Crippen LogP contribution in [0.25, 0.3) is 5.69 Å². The molecular formula is C13H15N5. The molecule has 0 saturated heterocycles. The van der Waals surface area contributed by atoms with Crippen molar-refractivity contribution in [3.05, 3.63) is 34.9 Å². The molecule has 0 atom stereocenters. The van der Waals surface area contributed by atoms with Crippen LogP contribution in [-0.2, 0) is 0 Å². The molecule has 2 rings (SSSR count). The molecule has 5 nitrogen and oxygen atoms in total. The number of aryl methyl sites for hydroxylation is 2. The van der Waals surface area contributed by atoms with E-state index in [0.29, 0.717) is 17.2 Å². The number of hydrogen-bond donors (Lipinski definition) is 2. The maximum atomic E-state index is 9.09. The zero-order valence-electron chi connectivity index (χ0n) is 10.7. The molecule has 0 aliphatic carbocycles. The topological polar surface area (TPSA) is 79.7 Å². The van der Waals surface area contributed by atoms with Gasteiger partial charge in [0.05, 0.1) is 5.69 Å². The molecule has 0 fully saturated rings. The third kappa shape index (κ3) is 1.78. The van der Waals surface area contributed by atoms with Crippen LogP contribution >= 0.6 is 0 Å². The van der Waals surface area contributed by atoms with Crippen LogP contribution in [0.3, 0.4) is 0 Å². The van der Waals surface area contributed by atoms with Gasteiger partial charge in [-0.25, -0.2) is 4.68 Å². The van der Waals surface area contributed by atoms with E-state index in [0.717, 1.165) is 16.8 Å². The third-order valence-corrected chi connectivity index (χ3v) is 2.86. The Balaban J connectivity index is 2.69. The van der Waals surface area contributed by atoms with E-state index in [-0.39, 0.29) is 0 Å². The average molecular weight is 241 g/mol. The van der Waals surface area contributed by atoms with Crippen LogP contribution in [-0.4, -0.2) is 16.8 Å². The van der Waals surface area contributed by atoms with E-state index in [4.69, 9.17) is 11.0 Å². The first-order chi connectivity index (χ1) is 8.58. The molecule has 0 unspecified atom stereocenters. The molecule has 18 heavy (non-hydrogen) atoms. The summed E-state index contributed by atoms with van der Waals surface area (Å²) in [5, 5.41) is 16.3. The second-order valence-corrected chi connectivity index (χ2v) is 4.17. The maximum absolute atomic E-state index is 9.09. The number of nitrogens with one attached hydrogen (secondary N) is 1. The molecule has 1 aromatic carbocycles. The average Bonchev–Trinajstić information content (AvgIpc) is 2.68. The SMILES string of the molecule is CNc1nn(-c2cc(C)ccc2C)c(N)c1C#N. The van der Waals surface area contributed by atoms with Crippen LogP contribution in [0.1, 0.15) is 16.7 Å². The van der Waals surface area contributed by atoms with Crippen LogP contribution in [0.5, 0.6) is 0 Å². The predicted molar refractivity (Wildman–Crippen MR) is 71.7 cm³/mol. The van der Waals surface area contributed by atoms with Gasteiger partial charge < -0.3 is 11.1 Å². The summed E-state index contributed by atoms with van der Waals surface area (Å²) >= 11 is 0. The highest BCUT2D eigenvalue weighted by Gasteiger charge is 2.16. The Kier molecular flexibility index (Phi) is 2.94. The van der Waals surface area contributed by atoms with E-state index in [1.165, 1.54) is 0 Å². The first kappa shape index (κ1) is 12.0. The molecule has 2 aromatic rings. The number of anilines is 2. The molecule has 1 heterocycles. The summed E-state index contributed by atoms with van der Waals surface area (Å²) in [6.45, 7) is 3.99. The van der Waals surface area contributed by atoms with Gasteiger partial charge in [0.2, 0.25) is 0 Å². The fourth-order valence-corrected chi connectivity index (χ4v) is 1.85. The number of nitrogens with two attached hydrogens (primary N) is 1. The smallest absolute Gasteiger partial charge is 0.168 e. The normalized spacial score (nSPS) is 10.1. The molecule has 0 radical (unpaired) electrons. The van der Waals surface area contributed by atoms with Crippen molar-refractivity contribution >= 4 is 11.6 Å². The molecule has 0 saturated carbocycles. The fourth-order valence-electron chi connectivity index (χ4n) is 1.85. The minimum Gasteiger partial charge on any atom is -0.382 e. The molecule has 5 heteroatoms. The Morgan fingerprint density at radius 2 is 2.11 bits per heavy atom. The molecular weight excluding hydrogens is 226 g/mol. The lowest BCUT2D eigenvalue weighted by Crippen LogP contribution is -2.04.